The normalized spacial score (nSPS) is 11.8. The molecule has 0 aliphatic heterocycles. The van der Waals surface area contributed by atoms with Crippen LogP contribution in [-0.4, -0.2) is 29.3 Å². The third kappa shape index (κ3) is 6.10. The summed E-state index contributed by atoms with van der Waals surface area (Å²) < 4.78 is 0. The molecule has 0 saturated heterocycles. The molecule has 0 fully saturated rings. The second-order valence-corrected chi connectivity index (χ2v) is 7.66. The van der Waals surface area contributed by atoms with Gasteiger partial charge in [-0.1, -0.05) is 54.4 Å². The number of nitrogens with one attached hydrogen (secondary N) is 1. The van der Waals surface area contributed by atoms with Crippen molar-refractivity contribution in [1.82, 2.24) is 10.2 Å². The number of amides is 2. The Labute approximate surface area is 172 Å². The Morgan fingerprint density at radius 1 is 1.14 bits per heavy atom. The van der Waals surface area contributed by atoms with Gasteiger partial charge in [-0.05, 0) is 56.0 Å². The van der Waals surface area contributed by atoms with Gasteiger partial charge in [0.25, 0.3) is 0 Å². The molecule has 1 N–H and O–H groups in total. The summed E-state index contributed by atoms with van der Waals surface area (Å²) in [6, 6.07) is 12.9. The van der Waals surface area contributed by atoms with Crippen molar-refractivity contribution in [2.45, 2.75) is 53.1 Å². The van der Waals surface area contributed by atoms with E-state index in [-0.39, 0.29) is 18.2 Å². The predicted octanol–water partition coefficient (Wildman–Crippen LogP) is 4.44. The van der Waals surface area contributed by atoms with Crippen molar-refractivity contribution in [3.63, 3.8) is 0 Å². The zero-order valence-electron chi connectivity index (χ0n) is 17.1. The smallest absolute Gasteiger partial charge is 0.242 e. The summed E-state index contributed by atoms with van der Waals surface area (Å²) in [4.78, 5) is 27.4. The number of halogens is 1. The van der Waals surface area contributed by atoms with Crippen LogP contribution in [0.4, 0.5) is 0 Å². The van der Waals surface area contributed by atoms with E-state index in [0.717, 1.165) is 28.7 Å². The van der Waals surface area contributed by atoms with Crippen LogP contribution < -0.4 is 5.32 Å². The van der Waals surface area contributed by atoms with Crippen LogP contribution in [0.15, 0.2) is 42.5 Å². The molecule has 0 bridgehead atoms. The van der Waals surface area contributed by atoms with E-state index in [9.17, 15) is 9.59 Å². The molecule has 2 aromatic rings. The first-order chi connectivity index (χ1) is 13.3. The molecular weight excluding hydrogens is 372 g/mol. The van der Waals surface area contributed by atoms with Gasteiger partial charge in [-0.25, -0.2) is 0 Å². The van der Waals surface area contributed by atoms with Crippen molar-refractivity contribution in [3.8, 4) is 0 Å². The summed E-state index contributed by atoms with van der Waals surface area (Å²) in [5.41, 5.74) is 4.08. The zero-order valence-corrected chi connectivity index (χ0v) is 17.8. The topological polar surface area (TPSA) is 49.4 Å². The maximum absolute atomic E-state index is 13.2. The van der Waals surface area contributed by atoms with E-state index in [1.54, 1.807) is 17.9 Å². The minimum absolute atomic E-state index is 0.0761. The van der Waals surface area contributed by atoms with E-state index < -0.39 is 6.04 Å². The lowest BCUT2D eigenvalue weighted by Crippen LogP contribution is -2.48. The summed E-state index contributed by atoms with van der Waals surface area (Å²) in [6.07, 6.45) is 1.11. The fraction of sp³-hybridized carbons (Fsp3) is 0.391. The van der Waals surface area contributed by atoms with Gasteiger partial charge in [-0.2, -0.15) is 0 Å². The molecule has 4 nitrogen and oxygen atoms in total. The van der Waals surface area contributed by atoms with E-state index in [1.807, 2.05) is 57.2 Å². The molecule has 28 heavy (non-hydrogen) atoms. The number of carbonyl (C=O) groups is 2. The molecule has 0 saturated carbocycles. The molecular formula is C23H29ClN2O2. The molecule has 2 rings (SSSR count). The lowest BCUT2D eigenvalue weighted by Gasteiger charge is -2.29. The van der Waals surface area contributed by atoms with Gasteiger partial charge >= 0.3 is 0 Å². The Kier molecular flexibility index (Phi) is 8.06. The van der Waals surface area contributed by atoms with Crippen LogP contribution in [0.25, 0.3) is 0 Å². The summed E-state index contributed by atoms with van der Waals surface area (Å²) in [6.45, 7) is 8.72. The molecule has 0 aromatic heterocycles. The summed E-state index contributed by atoms with van der Waals surface area (Å²) in [7, 11) is 0. The second-order valence-electron chi connectivity index (χ2n) is 7.23. The molecule has 2 amide bonds. The lowest BCUT2D eigenvalue weighted by atomic mass is 10.0. The van der Waals surface area contributed by atoms with Crippen LogP contribution in [0.2, 0.25) is 5.02 Å². The van der Waals surface area contributed by atoms with Crippen molar-refractivity contribution in [1.29, 1.82) is 0 Å². The molecule has 1 atom stereocenters. The number of benzene rings is 2. The highest BCUT2D eigenvalue weighted by molar-refractivity contribution is 6.30. The first-order valence-electron chi connectivity index (χ1n) is 9.69. The molecule has 0 spiro atoms. The largest absolute Gasteiger partial charge is 0.354 e. The third-order valence-corrected chi connectivity index (χ3v) is 5.04. The lowest BCUT2D eigenvalue weighted by molar-refractivity contribution is -0.140. The molecule has 0 aliphatic carbocycles. The van der Waals surface area contributed by atoms with Crippen LogP contribution >= 0.6 is 11.6 Å². The molecule has 5 heteroatoms. The highest BCUT2D eigenvalue weighted by Crippen LogP contribution is 2.18. The highest BCUT2D eigenvalue weighted by atomic mass is 35.5. The maximum Gasteiger partial charge on any atom is 0.242 e. The van der Waals surface area contributed by atoms with Crippen molar-refractivity contribution in [2.75, 3.05) is 6.54 Å². The summed E-state index contributed by atoms with van der Waals surface area (Å²) in [5, 5.41) is 3.50. The molecule has 0 aliphatic rings. The molecule has 150 valence electrons. The van der Waals surface area contributed by atoms with Gasteiger partial charge in [0.15, 0.2) is 0 Å². The Bertz CT molecular complexity index is 835. The molecule has 0 radical (unpaired) electrons. The summed E-state index contributed by atoms with van der Waals surface area (Å²) >= 11 is 6.10. The van der Waals surface area contributed by atoms with E-state index >= 15 is 0 Å². The quantitative estimate of drug-likeness (QED) is 0.711. The fourth-order valence-corrected chi connectivity index (χ4v) is 3.28. The minimum Gasteiger partial charge on any atom is -0.354 e. The van der Waals surface area contributed by atoms with E-state index in [1.165, 1.54) is 0 Å². The van der Waals surface area contributed by atoms with E-state index in [4.69, 9.17) is 11.6 Å². The van der Waals surface area contributed by atoms with Crippen molar-refractivity contribution in [3.05, 3.63) is 69.7 Å². The number of carbonyl (C=O) groups excluding carboxylic acids is 2. The van der Waals surface area contributed by atoms with Gasteiger partial charge in [0, 0.05) is 18.1 Å². The van der Waals surface area contributed by atoms with E-state index in [2.05, 4.69) is 5.32 Å². The van der Waals surface area contributed by atoms with Crippen LogP contribution in [0.3, 0.4) is 0 Å². The maximum atomic E-state index is 13.2. The Hall–Kier alpha value is -2.33. The molecule has 2 aromatic carbocycles. The Morgan fingerprint density at radius 3 is 2.57 bits per heavy atom. The second kappa shape index (κ2) is 10.3. The average molecular weight is 401 g/mol. The molecule has 1 unspecified atom stereocenters. The van der Waals surface area contributed by atoms with Gasteiger partial charge in [-0.3, -0.25) is 9.59 Å². The van der Waals surface area contributed by atoms with Crippen LogP contribution in [-0.2, 0) is 22.6 Å². The fourth-order valence-electron chi connectivity index (χ4n) is 3.07. The van der Waals surface area contributed by atoms with Crippen molar-refractivity contribution >= 4 is 23.4 Å². The van der Waals surface area contributed by atoms with Gasteiger partial charge < -0.3 is 10.2 Å². The summed E-state index contributed by atoms with van der Waals surface area (Å²) in [5.74, 6) is -0.217. The SMILES string of the molecule is CCCNC(=O)C(C)N(Cc1cccc(Cl)c1)C(=O)Cc1cc(C)ccc1C. The van der Waals surface area contributed by atoms with Crippen LogP contribution in [0, 0.1) is 13.8 Å². The van der Waals surface area contributed by atoms with Gasteiger partial charge in [-0.15, -0.1) is 0 Å². The predicted molar refractivity (Wildman–Crippen MR) is 114 cm³/mol. The molecule has 0 heterocycles. The Morgan fingerprint density at radius 2 is 1.89 bits per heavy atom. The average Bonchev–Trinajstić information content (AvgIpc) is 2.66. The van der Waals surface area contributed by atoms with Gasteiger partial charge in [0.05, 0.1) is 6.42 Å². The van der Waals surface area contributed by atoms with Crippen LogP contribution in [0.1, 0.15) is 42.5 Å². The van der Waals surface area contributed by atoms with Crippen LogP contribution in [0.5, 0.6) is 0 Å². The zero-order chi connectivity index (χ0) is 20.7. The van der Waals surface area contributed by atoms with Crippen molar-refractivity contribution in [2.24, 2.45) is 0 Å². The minimum atomic E-state index is -0.567. The monoisotopic (exact) mass is 400 g/mol. The van der Waals surface area contributed by atoms with Gasteiger partial charge in [0.1, 0.15) is 6.04 Å². The van der Waals surface area contributed by atoms with E-state index in [0.29, 0.717) is 18.1 Å². The highest BCUT2D eigenvalue weighted by Gasteiger charge is 2.26. The first kappa shape index (κ1) is 22.0. The number of rotatable bonds is 8. The first-order valence-corrected chi connectivity index (χ1v) is 10.1. The number of nitrogens with zero attached hydrogens (tertiary/aromatic N) is 1. The van der Waals surface area contributed by atoms with Crippen molar-refractivity contribution < 1.29 is 9.59 Å². The number of aryl methyl sites for hydroxylation is 2. The van der Waals surface area contributed by atoms with Gasteiger partial charge in [0.2, 0.25) is 11.8 Å². The standard InChI is InChI=1S/C23H29ClN2O2/c1-5-11-25-23(28)18(4)26(15-19-7-6-8-21(24)13-19)22(27)14-20-12-16(2)9-10-17(20)3/h6-10,12-13,18H,5,11,14-15H2,1-4H3,(H,25,28). The third-order valence-electron chi connectivity index (χ3n) is 4.80. The number of hydrogen-bond acceptors (Lipinski definition) is 2. The Balaban J connectivity index is 2.26. The number of hydrogen-bond donors (Lipinski definition) is 1.